The van der Waals surface area contributed by atoms with E-state index in [-0.39, 0.29) is 0 Å². The van der Waals surface area contributed by atoms with Crippen LogP contribution in [-0.2, 0) is 0 Å². The molecule has 22 heavy (non-hydrogen) atoms. The van der Waals surface area contributed by atoms with E-state index in [4.69, 9.17) is 0 Å². The summed E-state index contributed by atoms with van der Waals surface area (Å²) < 4.78 is 0. The van der Waals surface area contributed by atoms with Crippen molar-refractivity contribution >= 4 is 0 Å². The molecule has 0 amide bonds. The van der Waals surface area contributed by atoms with Crippen LogP contribution in [0.15, 0.2) is 70.9 Å². The van der Waals surface area contributed by atoms with Crippen LogP contribution in [0, 0.1) is 5.41 Å². The maximum absolute atomic E-state index is 2.36. The Morgan fingerprint density at radius 2 is 1.64 bits per heavy atom. The first-order chi connectivity index (χ1) is 10.4. The van der Waals surface area contributed by atoms with Gasteiger partial charge in [-0.25, -0.2) is 0 Å². The van der Waals surface area contributed by atoms with Crippen LogP contribution in [0.5, 0.6) is 0 Å². The van der Waals surface area contributed by atoms with Crippen LogP contribution in [-0.4, -0.2) is 0 Å². The van der Waals surface area contributed by atoms with Gasteiger partial charge in [0.25, 0.3) is 0 Å². The Bertz CT molecular complexity index is 543. The Kier molecular flexibility index (Phi) is 7.38. The maximum atomic E-state index is 2.36. The highest BCUT2D eigenvalue weighted by Gasteiger charge is 2.26. The third-order valence-corrected chi connectivity index (χ3v) is 4.33. The van der Waals surface area contributed by atoms with Crippen molar-refractivity contribution in [3.63, 3.8) is 0 Å². The summed E-state index contributed by atoms with van der Waals surface area (Å²) in [4.78, 5) is 0. The van der Waals surface area contributed by atoms with Crippen LogP contribution in [0.2, 0.25) is 0 Å². The molecule has 0 nitrogen and oxygen atoms in total. The van der Waals surface area contributed by atoms with Crippen LogP contribution >= 0.6 is 0 Å². The van der Waals surface area contributed by atoms with Crippen LogP contribution < -0.4 is 0 Å². The molecule has 0 heterocycles. The molecule has 0 bridgehead atoms. The zero-order valence-corrected chi connectivity index (χ0v) is 15.2. The van der Waals surface area contributed by atoms with Crippen molar-refractivity contribution in [3.8, 4) is 0 Å². The molecule has 0 fully saturated rings. The number of hydrogen-bond acceptors (Lipinski definition) is 0. The molecule has 0 unspecified atom stereocenters. The van der Waals surface area contributed by atoms with Crippen molar-refractivity contribution in [2.24, 2.45) is 5.41 Å². The fourth-order valence-corrected chi connectivity index (χ4v) is 2.94. The van der Waals surface area contributed by atoms with E-state index in [1.54, 1.807) is 5.57 Å². The van der Waals surface area contributed by atoms with Gasteiger partial charge in [0.1, 0.15) is 0 Å². The quantitative estimate of drug-likeness (QED) is 0.475. The Morgan fingerprint density at radius 1 is 1.00 bits per heavy atom. The fraction of sp³-hybridized carbons (Fsp3) is 0.455. The van der Waals surface area contributed by atoms with E-state index in [1.807, 2.05) is 13.0 Å². The third-order valence-electron chi connectivity index (χ3n) is 4.33. The summed E-state index contributed by atoms with van der Waals surface area (Å²) in [5, 5.41) is 0. The summed E-state index contributed by atoms with van der Waals surface area (Å²) in [7, 11) is 0. The standard InChI is InChI=1S/C22H32/c1-7-8-11-18(2)12-9-13-19(3)15-16-21-20(4)14-10-17-22(21,5)6/h7-9,11-13,15-16H,10,14,17H2,1-6H3/b8-7-,12-9+,16-15+,18-11+,19-13+. The van der Waals surface area contributed by atoms with Crippen molar-refractivity contribution in [3.05, 3.63) is 70.9 Å². The Hall–Kier alpha value is -1.56. The van der Waals surface area contributed by atoms with E-state index in [2.05, 4.69) is 77.2 Å². The van der Waals surface area contributed by atoms with Gasteiger partial charge in [-0.15, -0.1) is 0 Å². The van der Waals surface area contributed by atoms with Crippen LogP contribution in [0.25, 0.3) is 0 Å². The predicted molar refractivity (Wildman–Crippen MR) is 101 cm³/mol. The van der Waals surface area contributed by atoms with E-state index in [0.29, 0.717) is 5.41 Å². The predicted octanol–water partition coefficient (Wildman–Crippen LogP) is 7.09. The lowest BCUT2D eigenvalue weighted by Gasteiger charge is -2.32. The minimum atomic E-state index is 0.320. The molecule has 0 aromatic rings. The van der Waals surface area contributed by atoms with Crippen molar-refractivity contribution in [2.75, 3.05) is 0 Å². The molecule has 0 saturated carbocycles. The smallest absolute Gasteiger partial charge is 0.0104 e. The van der Waals surface area contributed by atoms with Crippen molar-refractivity contribution in [1.82, 2.24) is 0 Å². The summed E-state index contributed by atoms with van der Waals surface area (Å²) >= 11 is 0. The van der Waals surface area contributed by atoms with Crippen LogP contribution in [0.3, 0.4) is 0 Å². The van der Waals surface area contributed by atoms with Crippen LogP contribution in [0.4, 0.5) is 0 Å². The molecule has 0 aromatic heterocycles. The molecule has 1 aliphatic rings. The van der Waals surface area contributed by atoms with Gasteiger partial charge in [0.15, 0.2) is 0 Å². The van der Waals surface area contributed by atoms with Gasteiger partial charge in [-0.2, -0.15) is 0 Å². The van der Waals surface area contributed by atoms with Gasteiger partial charge >= 0.3 is 0 Å². The molecular formula is C22H32. The minimum Gasteiger partial charge on any atom is -0.0877 e. The molecular weight excluding hydrogens is 264 g/mol. The summed E-state index contributed by atoms with van der Waals surface area (Å²) in [5.74, 6) is 0. The Balaban J connectivity index is 2.77. The summed E-state index contributed by atoms with van der Waals surface area (Å²) in [5.41, 5.74) is 5.95. The first-order valence-electron chi connectivity index (χ1n) is 8.39. The first kappa shape index (κ1) is 18.5. The summed E-state index contributed by atoms with van der Waals surface area (Å²) in [6.07, 6.45) is 21.1. The lowest BCUT2D eigenvalue weighted by atomic mass is 9.72. The SMILES string of the molecule is C\C=C/C=C(C)/C=C/C=C(C)/C=C/C1=C(C)CCCC1(C)C. The highest BCUT2D eigenvalue weighted by molar-refractivity contribution is 5.37. The van der Waals surface area contributed by atoms with E-state index in [0.717, 1.165) is 0 Å². The molecule has 0 heteroatoms. The molecule has 1 aliphatic carbocycles. The lowest BCUT2D eigenvalue weighted by molar-refractivity contribution is 0.377. The zero-order chi connectivity index (χ0) is 16.6. The van der Waals surface area contributed by atoms with E-state index < -0.39 is 0 Å². The number of allylic oxidation sites excluding steroid dienone is 12. The van der Waals surface area contributed by atoms with Gasteiger partial charge in [-0.1, -0.05) is 79.2 Å². The van der Waals surface area contributed by atoms with Crippen molar-refractivity contribution in [1.29, 1.82) is 0 Å². The molecule has 0 saturated heterocycles. The second kappa shape index (κ2) is 8.78. The first-order valence-corrected chi connectivity index (χ1v) is 8.39. The summed E-state index contributed by atoms with van der Waals surface area (Å²) in [6.45, 7) is 13.3. The third kappa shape index (κ3) is 6.05. The largest absolute Gasteiger partial charge is 0.0877 e. The van der Waals surface area contributed by atoms with E-state index in [1.165, 1.54) is 36.0 Å². The zero-order valence-electron chi connectivity index (χ0n) is 15.2. The molecule has 1 rings (SSSR count). The van der Waals surface area contributed by atoms with Crippen molar-refractivity contribution < 1.29 is 0 Å². The number of rotatable bonds is 5. The highest BCUT2D eigenvalue weighted by atomic mass is 14.3. The monoisotopic (exact) mass is 296 g/mol. The highest BCUT2D eigenvalue weighted by Crippen LogP contribution is 2.40. The molecule has 0 radical (unpaired) electrons. The molecule has 0 spiro atoms. The van der Waals surface area contributed by atoms with Gasteiger partial charge in [-0.05, 0) is 57.9 Å². The second-order valence-electron chi connectivity index (χ2n) is 6.97. The fourth-order valence-electron chi connectivity index (χ4n) is 2.94. The Morgan fingerprint density at radius 3 is 2.27 bits per heavy atom. The van der Waals surface area contributed by atoms with Gasteiger partial charge < -0.3 is 0 Å². The average Bonchev–Trinajstić information content (AvgIpc) is 2.43. The van der Waals surface area contributed by atoms with Gasteiger partial charge in [0.05, 0.1) is 0 Å². The van der Waals surface area contributed by atoms with Gasteiger partial charge in [0, 0.05) is 0 Å². The Labute approximate surface area is 137 Å². The van der Waals surface area contributed by atoms with Crippen molar-refractivity contribution in [2.45, 2.75) is 60.8 Å². The molecule has 0 N–H and O–H groups in total. The number of hydrogen-bond donors (Lipinski definition) is 0. The average molecular weight is 296 g/mol. The van der Waals surface area contributed by atoms with E-state index >= 15 is 0 Å². The molecule has 120 valence electrons. The van der Waals surface area contributed by atoms with Gasteiger partial charge in [-0.3, -0.25) is 0 Å². The van der Waals surface area contributed by atoms with Crippen LogP contribution in [0.1, 0.15) is 60.8 Å². The van der Waals surface area contributed by atoms with E-state index in [9.17, 15) is 0 Å². The second-order valence-corrected chi connectivity index (χ2v) is 6.97. The molecule has 0 aromatic carbocycles. The topological polar surface area (TPSA) is 0 Å². The maximum Gasteiger partial charge on any atom is -0.0104 e. The normalized spacial score (nSPS) is 20.8. The molecule has 0 atom stereocenters. The minimum absolute atomic E-state index is 0.320. The summed E-state index contributed by atoms with van der Waals surface area (Å²) in [6, 6.07) is 0. The molecule has 0 aliphatic heterocycles. The van der Waals surface area contributed by atoms with Gasteiger partial charge in [0.2, 0.25) is 0 Å². The lowest BCUT2D eigenvalue weighted by Crippen LogP contribution is -2.19.